The fourth-order valence-electron chi connectivity index (χ4n) is 3.28. The molecule has 1 amide bonds. The van der Waals surface area contributed by atoms with Crippen molar-refractivity contribution in [3.05, 3.63) is 0 Å². The van der Waals surface area contributed by atoms with Crippen LogP contribution < -0.4 is 11.1 Å². The van der Waals surface area contributed by atoms with Crippen LogP contribution in [0.1, 0.15) is 66.2 Å². The van der Waals surface area contributed by atoms with Crippen LogP contribution >= 0.6 is 0 Å². The highest BCUT2D eigenvalue weighted by Gasteiger charge is 2.29. The zero-order valence-corrected chi connectivity index (χ0v) is 14.5. The maximum atomic E-state index is 11.7. The highest BCUT2D eigenvalue weighted by molar-refractivity contribution is 5.84. The van der Waals surface area contributed by atoms with Gasteiger partial charge in [0.25, 0.3) is 0 Å². The fraction of sp³-hybridized carbons (Fsp3) is 0.941. The average molecular weight is 297 g/mol. The second-order valence-electron chi connectivity index (χ2n) is 7.09. The number of hydrogen-bond donors (Lipinski definition) is 2. The quantitative estimate of drug-likeness (QED) is 0.643. The Balaban J connectivity index is 2.29. The maximum absolute atomic E-state index is 11.7. The maximum Gasteiger partial charge on any atom is 0.237 e. The number of hydrogen-bond acceptors (Lipinski definition) is 3. The standard InChI is InChI=1S/C17H35N3O/c1-5-10-19-17(4,16(18)21)9-6-7-11-20-12-8-14(2)13-15(20)3/h14-15,19H,5-13H2,1-4H3,(H2,18,21). The molecule has 1 aliphatic heterocycles. The monoisotopic (exact) mass is 297 g/mol. The lowest BCUT2D eigenvalue weighted by atomic mass is 9.92. The lowest BCUT2D eigenvalue weighted by Gasteiger charge is -2.36. The molecule has 0 aromatic heterocycles. The van der Waals surface area contributed by atoms with Crippen LogP contribution in [0, 0.1) is 5.92 Å². The number of rotatable bonds is 9. The van der Waals surface area contributed by atoms with Crippen molar-refractivity contribution < 1.29 is 4.79 Å². The molecule has 0 spiro atoms. The van der Waals surface area contributed by atoms with E-state index in [0.29, 0.717) is 6.04 Å². The minimum atomic E-state index is -0.544. The van der Waals surface area contributed by atoms with Crippen molar-refractivity contribution in [3.63, 3.8) is 0 Å². The summed E-state index contributed by atoms with van der Waals surface area (Å²) in [4.78, 5) is 14.3. The number of primary amides is 1. The van der Waals surface area contributed by atoms with E-state index in [0.717, 1.165) is 44.7 Å². The Morgan fingerprint density at radius 3 is 2.67 bits per heavy atom. The Bertz CT molecular complexity index is 321. The molecule has 3 N–H and O–H groups in total. The topological polar surface area (TPSA) is 58.4 Å². The van der Waals surface area contributed by atoms with Crippen molar-refractivity contribution in [2.75, 3.05) is 19.6 Å². The zero-order valence-electron chi connectivity index (χ0n) is 14.5. The van der Waals surface area contributed by atoms with Gasteiger partial charge in [-0.25, -0.2) is 0 Å². The van der Waals surface area contributed by atoms with Crippen molar-refractivity contribution in [1.82, 2.24) is 10.2 Å². The summed E-state index contributed by atoms with van der Waals surface area (Å²) < 4.78 is 0. The molecule has 1 rings (SSSR count). The summed E-state index contributed by atoms with van der Waals surface area (Å²) in [6, 6.07) is 0.703. The summed E-state index contributed by atoms with van der Waals surface area (Å²) in [5, 5.41) is 3.31. The van der Waals surface area contributed by atoms with Gasteiger partial charge in [0.15, 0.2) is 0 Å². The first-order chi connectivity index (χ1) is 9.89. The number of nitrogens with zero attached hydrogens (tertiary/aromatic N) is 1. The van der Waals surface area contributed by atoms with E-state index >= 15 is 0 Å². The van der Waals surface area contributed by atoms with E-state index < -0.39 is 5.54 Å². The average Bonchev–Trinajstić information content (AvgIpc) is 2.43. The smallest absolute Gasteiger partial charge is 0.237 e. The third-order valence-corrected chi connectivity index (χ3v) is 4.96. The Morgan fingerprint density at radius 1 is 1.38 bits per heavy atom. The van der Waals surface area contributed by atoms with E-state index in [1.54, 1.807) is 0 Å². The van der Waals surface area contributed by atoms with Crippen LogP contribution in [0.4, 0.5) is 0 Å². The summed E-state index contributed by atoms with van der Waals surface area (Å²) in [7, 11) is 0. The molecule has 4 heteroatoms. The van der Waals surface area contributed by atoms with Crippen LogP contribution in [0.3, 0.4) is 0 Å². The number of likely N-dealkylation sites (tertiary alicyclic amines) is 1. The summed E-state index contributed by atoms with van der Waals surface area (Å²) >= 11 is 0. The highest BCUT2D eigenvalue weighted by Crippen LogP contribution is 2.23. The van der Waals surface area contributed by atoms with Gasteiger partial charge >= 0.3 is 0 Å². The third-order valence-electron chi connectivity index (χ3n) is 4.96. The molecular weight excluding hydrogens is 262 g/mol. The molecule has 0 bridgehead atoms. The lowest BCUT2D eigenvalue weighted by Crippen LogP contribution is -2.53. The molecule has 4 nitrogen and oxygen atoms in total. The van der Waals surface area contributed by atoms with Crippen LogP contribution in [0.5, 0.6) is 0 Å². The van der Waals surface area contributed by atoms with Gasteiger partial charge in [-0.2, -0.15) is 0 Å². The van der Waals surface area contributed by atoms with Crippen LogP contribution in [0.2, 0.25) is 0 Å². The lowest BCUT2D eigenvalue weighted by molar-refractivity contribution is -0.124. The molecule has 0 saturated carbocycles. The highest BCUT2D eigenvalue weighted by atomic mass is 16.1. The molecule has 3 atom stereocenters. The van der Waals surface area contributed by atoms with Gasteiger partial charge in [-0.3, -0.25) is 4.79 Å². The first-order valence-corrected chi connectivity index (χ1v) is 8.68. The number of carbonyl (C=O) groups is 1. The van der Waals surface area contributed by atoms with Crippen molar-refractivity contribution in [3.8, 4) is 0 Å². The molecule has 1 saturated heterocycles. The first-order valence-electron chi connectivity index (χ1n) is 8.68. The van der Waals surface area contributed by atoms with Gasteiger partial charge in [0, 0.05) is 6.04 Å². The summed E-state index contributed by atoms with van der Waals surface area (Å²) in [5.74, 6) is 0.642. The normalized spacial score (nSPS) is 26.5. The first kappa shape index (κ1) is 18.4. The molecule has 0 aromatic rings. The van der Waals surface area contributed by atoms with E-state index in [1.165, 1.54) is 19.4 Å². The zero-order chi connectivity index (χ0) is 15.9. The summed E-state index contributed by atoms with van der Waals surface area (Å²) in [5.41, 5.74) is 5.02. The van der Waals surface area contributed by atoms with Gasteiger partial charge < -0.3 is 16.0 Å². The van der Waals surface area contributed by atoms with Gasteiger partial charge in [-0.15, -0.1) is 0 Å². The number of amides is 1. The minimum Gasteiger partial charge on any atom is -0.368 e. The molecule has 0 radical (unpaired) electrons. The van der Waals surface area contributed by atoms with Crippen LogP contribution in [-0.2, 0) is 4.79 Å². The largest absolute Gasteiger partial charge is 0.368 e. The molecule has 1 fully saturated rings. The second kappa shape index (κ2) is 8.74. The summed E-state index contributed by atoms with van der Waals surface area (Å²) in [6.07, 6.45) is 6.69. The van der Waals surface area contributed by atoms with Gasteiger partial charge in [0.2, 0.25) is 5.91 Å². The van der Waals surface area contributed by atoms with E-state index in [1.807, 2.05) is 6.92 Å². The van der Waals surface area contributed by atoms with Crippen molar-refractivity contribution >= 4 is 5.91 Å². The number of nitrogens with one attached hydrogen (secondary N) is 1. The van der Waals surface area contributed by atoms with Gasteiger partial charge in [-0.05, 0) is 77.9 Å². The third kappa shape index (κ3) is 5.95. The van der Waals surface area contributed by atoms with Crippen LogP contribution in [-0.4, -0.2) is 42.0 Å². The van der Waals surface area contributed by atoms with E-state index in [4.69, 9.17) is 5.73 Å². The van der Waals surface area contributed by atoms with E-state index in [-0.39, 0.29) is 5.91 Å². The van der Waals surface area contributed by atoms with E-state index in [9.17, 15) is 4.79 Å². The van der Waals surface area contributed by atoms with Crippen molar-refractivity contribution in [2.24, 2.45) is 11.7 Å². The van der Waals surface area contributed by atoms with Crippen LogP contribution in [0.15, 0.2) is 0 Å². The molecule has 1 aliphatic rings. The van der Waals surface area contributed by atoms with Crippen LogP contribution in [0.25, 0.3) is 0 Å². The Hall–Kier alpha value is -0.610. The van der Waals surface area contributed by atoms with Crippen molar-refractivity contribution in [1.29, 1.82) is 0 Å². The molecule has 1 heterocycles. The minimum absolute atomic E-state index is 0.226. The predicted octanol–water partition coefficient (Wildman–Crippen LogP) is 2.52. The second-order valence-corrected chi connectivity index (χ2v) is 7.09. The number of nitrogens with two attached hydrogens (primary N) is 1. The number of piperidine rings is 1. The molecule has 124 valence electrons. The summed E-state index contributed by atoms with van der Waals surface area (Å²) in [6.45, 7) is 12.0. The Morgan fingerprint density at radius 2 is 2.10 bits per heavy atom. The molecule has 0 aliphatic carbocycles. The molecule has 3 unspecified atom stereocenters. The van der Waals surface area contributed by atoms with Gasteiger partial charge in [-0.1, -0.05) is 13.8 Å². The molecule has 0 aromatic carbocycles. The Labute approximate surface area is 130 Å². The van der Waals surface area contributed by atoms with Gasteiger partial charge in [0.1, 0.15) is 0 Å². The number of unbranched alkanes of at least 4 members (excludes halogenated alkanes) is 1. The predicted molar refractivity (Wildman–Crippen MR) is 89.2 cm³/mol. The van der Waals surface area contributed by atoms with Crippen molar-refractivity contribution in [2.45, 2.75) is 77.8 Å². The molecular formula is C17H35N3O. The van der Waals surface area contributed by atoms with Gasteiger partial charge in [0.05, 0.1) is 5.54 Å². The molecule has 21 heavy (non-hydrogen) atoms. The SMILES string of the molecule is CCCNC(C)(CCCCN1CCC(C)CC1C)C(N)=O. The van der Waals surface area contributed by atoms with E-state index in [2.05, 4.69) is 31.0 Å². The fourth-order valence-corrected chi connectivity index (χ4v) is 3.28. The Kier molecular flexibility index (Phi) is 7.67. The number of carbonyl (C=O) groups excluding carboxylic acids is 1.